The molecule has 0 atom stereocenters. The summed E-state index contributed by atoms with van der Waals surface area (Å²) in [4.78, 5) is 0. The Morgan fingerprint density at radius 1 is 0.786 bits per heavy atom. The minimum absolute atomic E-state index is 0. The standard InChI is InChI=1S/C8H20N.BH3O3.H2O/c1-5-9(6-2,7-3)8-4;2-1(3)4;/h5-8H2,1-4H3;2-4H;1H2/q+1;;. The Labute approximate surface area is 87.1 Å². The van der Waals surface area contributed by atoms with Crippen LogP contribution < -0.4 is 0 Å². The fourth-order valence-corrected chi connectivity index (χ4v) is 1.34. The summed E-state index contributed by atoms with van der Waals surface area (Å²) in [6, 6.07) is 0. The Bertz CT molecular complexity index is 89.2. The molecule has 0 rings (SSSR count). The van der Waals surface area contributed by atoms with E-state index in [0.29, 0.717) is 0 Å². The van der Waals surface area contributed by atoms with Gasteiger partial charge in [-0.3, -0.25) is 0 Å². The molecule has 0 aromatic heterocycles. The van der Waals surface area contributed by atoms with Crippen LogP contribution in [0.15, 0.2) is 0 Å². The summed E-state index contributed by atoms with van der Waals surface area (Å²) in [6.07, 6.45) is 0. The van der Waals surface area contributed by atoms with Crippen LogP contribution in [-0.2, 0) is 0 Å². The molecule has 0 fully saturated rings. The van der Waals surface area contributed by atoms with Gasteiger partial charge < -0.3 is 25.0 Å². The lowest BCUT2D eigenvalue weighted by Crippen LogP contribution is -2.47. The van der Waals surface area contributed by atoms with Gasteiger partial charge in [0.05, 0.1) is 26.2 Å². The van der Waals surface area contributed by atoms with E-state index in [1.165, 1.54) is 30.7 Å². The lowest BCUT2D eigenvalue weighted by Gasteiger charge is -2.34. The van der Waals surface area contributed by atoms with Crippen LogP contribution in [0.5, 0.6) is 0 Å². The first kappa shape index (κ1) is 19.4. The molecule has 5 N–H and O–H groups in total. The molecule has 0 heterocycles. The van der Waals surface area contributed by atoms with Crippen molar-refractivity contribution in [1.29, 1.82) is 0 Å². The maximum absolute atomic E-state index is 7.17. The zero-order chi connectivity index (χ0) is 10.9. The van der Waals surface area contributed by atoms with Crippen molar-refractivity contribution < 1.29 is 25.0 Å². The number of quaternary nitrogens is 1. The van der Waals surface area contributed by atoms with Crippen LogP contribution in [0.3, 0.4) is 0 Å². The van der Waals surface area contributed by atoms with Crippen molar-refractivity contribution >= 4 is 7.32 Å². The van der Waals surface area contributed by atoms with Crippen molar-refractivity contribution in [2.45, 2.75) is 27.7 Å². The Kier molecular flexibility index (Phi) is 15.2. The molecule has 88 valence electrons. The molecule has 0 aliphatic rings. The Morgan fingerprint density at radius 3 is 0.929 bits per heavy atom. The zero-order valence-electron chi connectivity index (χ0n) is 9.69. The minimum Gasteiger partial charge on any atom is -0.412 e. The van der Waals surface area contributed by atoms with E-state index in [4.69, 9.17) is 15.1 Å². The van der Waals surface area contributed by atoms with E-state index in [9.17, 15) is 0 Å². The second-order valence-corrected chi connectivity index (χ2v) is 2.95. The maximum atomic E-state index is 7.17. The largest absolute Gasteiger partial charge is 0.631 e. The molecule has 0 unspecified atom stereocenters. The molecule has 14 heavy (non-hydrogen) atoms. The minimum atomic E-state index is -2.17. The van der Waals surface area contributed by atoms with Gasteiger partial charge in [-0.15, -0.1) is 0 Å². The van der Waals surface area contributed by atoms with Gasteiger partial charge >= 0.3 is 7.32 Å². The first-order valence-electron chi connectivity index (χ1n) is 4.87. The molecule has 0 aliphatic heterocycles. The predicted molar refractivity (Wildman–Crippen MR) is 58.4 cm³/mol. The molecule has 0 aliphatic carbocycles. The molecular formula is C8H25BNO4+. The molecule has 0 radical (unpaired) electrons. The summed E-state index contributed by atoms with van der Waals surface area (Å²) < 4.78 is 1.28. The maximum Gasteiger partial charge on any atom is 0.631 e. The SMILES string of the molecule is CC[N+](CC)(CC)CC.O.OB(O)O. The highest BCUT2D eigenvalue weighted by molar-refractivity contribution is 6.30. The molecule has 0 aromatic rings. The van der Waals surface area contributed by atoms with Crippen molar-refractivity contribution in [3.8, 4) is 0 Å². The van der Waals surface area contributed by atoms with Gasteiger partial charge in [-0.1, -0.05) is 0 Å². The molecule has 0 saturated heterocycles. The lowest BCUT2D eigenvalue weighted by atomic mass is 10.3. The van der Waals surface area contributed by atoms with Gasteiger partial charge in [0.1, 0.15) is 0 Å². The third-order valence-electron chi connectivity index (χ3n) is 2.68. The van der Waals surface area contributed by atoms with Crippen molar-refractivity contribution in [3.05, 3.63) is 0 Å². The van der Waals surface area contributed by atoms with Gasteiger partial charge in [-0.05, 0) is 27.7 Å². The van der Waals surface area contributed by atoms with E-state index in [0.717, 1.165) is 0 Å². The second kappa shape index (κ2) is 10.9. The molecule has 6 heteroatoms. The summed E-state index contributed by atoms with van der Waals surface area (Å²) in [7, 11) is -2.17. The van der Waals surface area contributed by atoms with Gasteiger partial charge in [-0.25, -0.2) is 0 Å². The molecule has 0 bridgehead atoms. The zero-order valence-corrected chi connectivity index (χ0v) is 9.69. The fourth-order valence-electron chi connectivity index (χ4n) is 1.34. The topological polar surface area (TPSA) is 92.2 Å². The molecular weight excluding hydrogens is 185 g/mol. The van der Waals surface area contributed by atoms with Gasteiger partial charge in [0.15, 0.2) is 0 Å². The third-order valence-corrected chi connectivity index (χ3v) is 2.68. The molecule has 5 nitrogen and oxygen atoms in total. The van der Waals surface area contributed by atoms with Gasteiger partial charge in [0.25, 0.3) is 0 Å². The normalized spacial score (nSPS) is 9.64. The number of nitrogens with zero attached hydrogens (tertiary/aromatic N) is 1. The van der Waals surface area contributed by atoms with E-state index in [-0.39, 0.29) is 5.48 Å². The van der Waals surface area contributed by atoms with E-state index < -0.39 is 7.32 Å². The van der Waals surface area contributed by atoms with E-state index in [1.807, 2.05) is 0 Å². The van der Waals surface area contributed by atoms with Crippen molar-refractivity contribution in [1.82, 2.24) is 0 Å². The van der Waals surface area contributed by atoms with E-state index in [1.54, 1.807) is 0 Å². The highest BCUT2D eigenvalue weighted by Crippen LogP contribution is 2.03. The first-order valence-corrected chi connectivity index (χ1v) is 4.87. The summed E-state index contributed by atoms with van der Waals surface area (Å²) in [5, 5.41) is 21.5. The van der Waals surface area contributed by atoms with Crippen LogP contribution >= 0.6 is 0 Å². The Balaban J connectivity index is -0.000000209. The Hall–Kier alpha value is -0.135. The van der Waals surface area contributed by atoms with Crippen molar-refractivity contribution in [2.75, 3.05) is 26.2 Å². The monoisotopic (exact) mass is 210 g/mol. The first-order chi connectivity index (χ1) is 5.97. The molecule has 0 saturated carbocycles. The van der Waals surface area contributed by atoms with Crippen LogP contribution in [0.2, 0.25) is 0 Å². The lowest BCUT2D eigenvalue weighted by molar-refractivity contribution is -0.921. The molecule has 0 spiro atoms. The van der Waals surface area contributed by atoms with Gasteiger partial charge in [0.2, 0.25) is 0 Å². The van der Waals surface area contributed by atoms with Crippen LogP contribution in [0.4, 0.5) is 0 Å². The third kappa shape index (κ3) is 9.95. The van der Waals surface area contributed by atoms with E-state index >= 15 is 0 Å². The summed E-state index contributed by atoms with van der Waals surface area (Å²) >= 11 is 0. The number of rotatable bonds is 4. The van der Waals surface area contributed by atoms with Crippen LogP contribution in [0, 0.1) is 0 Å². The number of hydrogen-bond donors (Lipinski definition) is 3. The number of hydrogen-bond acceptors (Lipinski definition) is 3. The molecule has 0 amide bonds. The quantitative estimate of drug-likeness (QED) is 0.410. The van der Waals surface area contributed by atoms with Gasteiger partial charge in [0, 0.05) is 0 Å². The van der Waals surface area contributed by atoms with Crippen molar-refractivity contribution in [2.24, 2.45) is 0 Å². The summed E-state index contributed by atoms with van der Waals surface area (Å²) in [5.41, 5.74) is 0. The van der Waals surface area contributed by atoms with Crippen LogP contribution in [0.1, 0.15) is 27.7 Å². The predicted octanol–water partition coefficient (Wildman–Crippen LogP) is -0.994. The Morgan fingerprint density at radius 2 is 0.929 bits per heavy atom. The van der Waals surface area contributed by atoms with Crippen LogP contribution in [0.25, 0.3) is 0 Å². The summed E-state index contributed by atoms with van der Waals surface area (Å²) in [5.74, 6) is 0. The van der Waals surface area contributed by atoms with E-state index in [2.05, 4.69) is 27.7 Å². The smallest absolute Gasteiger partial charge is 0.412 e. The fraction of sp³-hybridized carbons (Fsp3) is 1.00. The highest BCUT2D eigenvalue weighted by atomic mass is 16.5. The van der Waals surface area contributed by atoms with Crippen LogP contribution in [-0.4, -0.2) is 58.5 Å². The van der Waals surface area contributed by atoms with Gasteiger partial charge in [-0.2, -0.15) is 0 Å². The highest BCUT2D eigenvalue weighted by Gasteiger charge is 2.16. The summed E-state index contributed by atoms with van der Waals surface area (Å²) in [6.45, 7) is 14.2. The second-order valence-electron chi connectivity index (χ2n) is 2.95. The molecule has 0 aromatic carbocycles. The van der Waals surface area contributed by atoms with Crippen molar-refractivity contribution in [3.63, 3.8) is 0 Å². The average Bonchev–Trinajstić information content (AvgIpc) is 2.09. The average molecular weight is 210 g/mol.